The average Bonchev–Trinajstić information content (AvgIpc) is 3.12. The van der Waals surface area contributed by atoms with Crippen molar-refractivity contribution in [3.63, 3.8) is 0 Å². The summed E-state index contributed by atoms with van der Waals surface area (Å²) in [5.41, 5.74) is 3.78. The Morgan fingerprint density at radius 1 is 0.579 bits per heavy atom. The van der Waals surface area contributed by atoms with Gasteiger partial charge in [-0.1, -0.05) is 60.7 Å². The Kier molecular flexibility index (Phi) is 3.25. The molecule has 0 aliphatic heterocycles. The molecule has 2 aromatic carbocycles. The van der Waals surface area contributed by atoms with E-state index in [4.69, 9.17) is 0 Å². The monoisotopic (exact) mass is 264 g/mol. The molecule has 0 fully saturated rings. The number of hydrogen-bond donors (Lipinski definition) is 0. The van der Waals surface area contributed by atoms with Crippen LogP contribution in [0.5, 0.6) is 0 Å². The van der Waals surface area contributed by atoms with Gasteiger partial charge in [-0.25, -0.2) is 0 Å². The summed E-state index contributed by atoms with van der Waals surface area (Å²) in [5.74, 6) is 0.149. The minimum atomic E-state index is 0.149. The third-order valence-electron chi connectivity index (χ3n) is 3.06. The molecule has 19 heavy (non-hydrogen) atoms. The molecule has 0 atom stereocenters. The molecule has 3 aromatic rings. The SMILES string of the molecule is O=C1c2ccccc2-c2ccccc21.c1ccsc1. The van der Waals surface area contributed by atoms with Crippen molar-refractivity contribution in [2.45, 2.75) is 0 Å². The van der Waals surface area contributed by atoms with Crippen LogP contribution in [0.2, 0.25) is 0 Å². The van der Waals surface area contributed by atoms with Crippen LogP contribution in [0.3, 0.4) is 0 Å². The lowest BCUT2D eigenvalue weighted by Gasteiger charge is -1.96. The van der Waals surface area contributed by atoms with Crippen LogP contribution in [0.4, 0.5) is 0 Å². The van der Waals surface area contributed by atoms with Gasteiger partial charge >= 0.3 is 0 Å². The molecule has 2 heteroatoms. The van der Waals surface area contributed by atoms with E-state index in [1.165, 1.54) is 0 Å². The van der Waals surface area contributed by atoms with Crippen molar-refractivity contribution in [3.05, 3.63) is 82.6 Å². The Balaban J connectivity index is 0.000000187. The Hall–Kier alpha value is -2.19. The van der Waals surface area contributed by atoms with Crippen LogP contribution in [0.25, 0.3) is 11.1 Å². The standard InChI is InChI=1S/C13H8O.C4H4S/c14-13-11-7-3-1-5-9(11)10-6-2-4-8-12(10)13;1-2-4-5-3-1/h1-8H;1-4H. The minimum absolute atomic E-state index is 0.149. The predicted octanol–water partition coefficient (Wildman–Crippen LogP) is 4.65. The fourth-order valence-electron chi connectivity index (χ4n) is 2.20. The van der Waals surface area contributed by atoms with Gasteiger partial charge in [-0.3, -0.25) is 4.79 Å². The fraction of sp³-hybridized carbons (Fsp3) is 0. The summed E-state index contributed by atoms with van der Waals surface area (Å²) in [6, 6.07) is 19.6. The first-order chi connectivity index (χ1) is 9.38. The van der Waals surface area contributed by atoms with Crippen molar-refractivity contribution in [2.75, 3.05) is 0 Å². The molecule has 92 valence electrons. The summed E-state index contributed by atoms with van der Waals surface area (Å²) in [6.07, 6.45) is 0. The van der Waals surface area contributed by atoms with E-state index in [0.29, 0.717) is 0 Å². The van der Waals surface area contributed by atoms with Gasteiger partial charge in [0.2, 0.25) is 0 Å². The van der Waals surface area contributed by atoms with Gasteiger partial charge in [-0.2, -0.15) is 11.3 Å². The molecule has 0 saturated carbocycles. The van der Waals surface area contributed by atoms with Gasteiger partial charge in [-0.05, 0) is 21.9 Å². The maximum atomic E-state index is 11.9. The Morgan fingerprint density at radius 3 is 1.37 bits per heavy atom. The maximum Gasteiger partial charge on any atom is 0.194 e. The number of fused-ring (bicyclic) bond motifs is 3. The number of hydrogen-bond acceptors (Lipinski definition) is 2. The minimum Gasteiger partial charge on any atom is -0.289 e. The lowest BCUT2D eigenvalue weighted by atomic mass is 10.1. The van der Waals surface area contributed by atoms with E-state index in [2.05, 4.69) is 0 Å². The molecule has 1 aliphatic rings. The van der Waals surface area contributed by atoms with Crippen LogP contribution < -0.4 is 0 Å². The highest BCUT2D eigenvalue weighted by molar-refractivity contribution is 7.07. The van der Waals surface area contributed by atoms with Crippen molar-refractivity contribution >= 4 is 17.1 Å². The number of carbonyl (C=O) groups is 1. The average molecular weight is 264 g/mol. The first-order valence-corrected chi connectivity index (χ1v) is 7.02. The van der Waals surface area contributed by atoms with Gasteiger partial charge < -0.3 is 0 Å². The summed E-state index contributed by atoms with van der Waals surface area (Å²) in [5, 5.41) is 4.08. The first-order valence-electron chi connectivity index (χ1n) is 6.08. The number of rotatable bonds is 0. The second-order valence-electron chi connectivity index (χ2n) is 4.21. The van der Waals surface area contributed by atoms with E-state index in [1.54, 1.807) is 11.3 Å². The Labute approximate surface area is 116 Å². The van der Waals surface area contributed by atoms with Crippen LogP contribution in [-0.2, 0) is 0 Å². The van der Waals surface area contributed by atoms with Crippen molar-refractivity contribution in [2.24, 2.45) is 0 Å². The first kappa shape index (κ1) is 11.9. The molecule has 1 aliphatic carbocycles. The molecule has 4 rings (SSSR count). The Morgan fingerprint density at radius 2 is 1.00 bits per heavy atom. The zero-order valence-electron chi connectivity index (χ0n) is 10.2. The third-order valence-corrected chi connectivity index (χ3v) is 3.69. The highest BCUT2D eigenvalue weighted by Gasteiger charge is 2.24. The molecular formula is C17H12OS. The second kappa shape index (κ2) is 5.21. The zero-order valence-corrected chi connectivity index (χ0v) is 11.1. The maximum absolute atomic E-state index is 11.9. The summed E-state index contributed by atoms with van der Waals surface area (Å²) in [4.78, 5) is 11.9. The molecule has 1 nitrogen and oxygen atoms in total. The van der Waals surface area contributed by atoms with E-state index >= 15 is 0 Å². The van der Waals surface area contributed by atoms with E-state index in [0.717, 1.165) is 22.3 Å². The number of ketones is 1. The van der Waals surface area contributed by atoms with Gasteiger partial charge in [0.05, 0.1) is 0 Å². The van der Waals surface area contributed by atoms with Crippen molar-refractivity contribution in [1.29, 1.82) is 0 Å². The van der Waals surface area contributed by atoms with Gasteiger partial charge in [0.15, 0.2) is 5.78 Å². The normalized spacial score (nSPS) is 11.3. The van der Waals surface area contributed by atoms with Crippen LogP contribution in [0.1, 0.15) is 15.9 Å². The van der Waals surface area contributed by atoms with Gasteiger partial charge in [0.1, 0.15) is 0 Å². The van der Waals surface area contributed by atoms with Crippen molar-refractivity contribution in [3.8, 4) is 11.1 Å². The topological polar surface area (TPSA) is 17.1 Å². The lowest BCUT2D eigenvalue weighted by molar-refractivity contribution is 0.104. The lowest BCUT2D eigenvalue weighted by Crippen LogP contribution is -1.93. The van der Waals surface area contributed by atoms with Crippen molar-refractivity contribution < 1.29 is 4.79 Å². The molecule has 1 heterocycles. The molecule has 0 saturated heterocycles. The largest absolute Gasteiger partial charge is 0.289 e. The van der Waals surface area contributed by atoms with Crippen LogP contribution in [0.15, 0.2) is 71.4 Å². The molecule has 0 amide bonds. The molecular weight excluding hydrogens is 252 g/mol. The number of carbonyl (C=O) groups excluding carboxylic acids is 1. The predicted molar refractivity (Wildman–Crippen MR) is 79.6 cm³/mol. The van der Waals surface area contributed by atoms with Crippen molar-refractivity contribution in [1.82, 2.24) is 0 Å². The van der Waals surface area contributed by atoms with Crippen LogP contribution >= 0.6 is 11.3 Å². The number of benzene rings is 2. The van der Waals surface area contributed by atoms with Gasteiger partial charge in [0.25, 0.3) is 0 Å². The van der Waals surface area contributed by atoms with E-state index in [1.807, 2.05) is 71.4 Å². The summed E-state index contributed by atoms with van der Waals surface area (Å²) in [7, 11) is 0. The molecule has 0 radical (unpaired) electrons. The molecule has 0 bridgehead atoms. The van der Waals surface area contributed by atoms with Gasteiger partial charge in [-0.15, -0.1) is 0 Å². The highest BCUT2D eigenvalue weighted by Crippen LogP contribution is 2.35. The fourth-order valence-corrected chi connectivity index (χ4v) is 2.66. The van der Waals surface area contributed by atoms with E-state index in [-0.39, 0.29) is 5.78 Å². The smallest absolute Gasteiger partial charge is 0.194 e. The third kappa shape index (κ3) is 2.23. The summed E-state index contributed by atoms with van der Waals surface area (Å²) in [6.45, 7) is 0. The van der Waals surface area contributed by atoms with E-state index in [9.17, 15) is 4.79 Å². The van der Waals surface area contributed by atoms with E-state index < -0.39 is 0 Å². The second-order valence-corrected chi connectivity index (χ2v) is 5.03. The Bertz CT molecular complexity index is 634. The van der Waals surface area contributed by atoms with Crippen LogP contribution in [-0.4, -0.2) is 5.78 Å². The quantitative estimate of drug-likeness (QED) is 0.452. The van der Waals surface area contributed by atoms with Gasteiger partial charge in [0, 0.05) is 11.1 Å². The highest BCUT2D eigenvalue weighted by atomic mass is 32.1. The zero-order chi connectivity index (χ0) is 13.1. The molecule has 1 aromatic heterocycles. The summed E-state index contributed by atoms with van der Waals surface area (Å²) >= 11 is 1.71. The summed E-state index contributed by atoms with van der Waals surface area (Å²) < 4.78 is 0. The molecule has 0 unspecified atom stereocenters. The van der Waals surface area contributed by atoms with Crippen LogP contribution in [0, 0.1) is 0 Å². The number of thiophene rings is 1. The molecule has 0 N–H and O–H groups in total. The molecule has 0 spiro atoms.